The lowest BCUT2D eigenvalue weighted by Crippen LogP contribution is -2.58. The van der Waals surface area contributed by atoms with Crippen LogP contribution in [0.3, 0.4) is 0 Å². The minimum absolute atomic E-state index is 0.296. The zero-order chi connectivity index (χ0) is 20.4. The summed E-state index contributed by atoms with van der Waals surface area (Å²) >= 11 is 5.95. The van der Waals surface area contributed by atoms with E-state index in [0.29, 0.717) is 23.7 Å². The average Bonchev–Trinajstić information content (AvgIpc) is 3.10. The number of H-pyrrole nitrogens is 1. The molecule has 1 aromatic heterocycles. The number of para-hydroxylation sites is 1. The highest BCUT2D eigenvalue weighted by atomic mass is 35.5. The number of barbiturate groups is 1. The molecule has 2 N–H and O–H groups in total. The third-order valence-corrected chi connectivity index (χ3v) is 4.94. The molecular weight excluding hydrogens is 392 g/mol. The quantitative estimate of drug-likeness (QED) is 0.500. The van der Waals surface area contributed by atoms with Crippen molar-refractivity contribution in [1.82, 2.24) is 10.3 Å². The Morgan fingerprint density at radius 2 is 1.93 bits per heavy atom. The second-order valence-corrected chi connectivity index (χ2v) is 7.03. The van der Waals surface area contributed by atoms with Crippen molar-refractivity contribution in [1.29, 1.82) is 0 Å². The summed E-state index contributed by atoms with van der Waals surface area (Å²) in [6.07, 6.45) is 3.88. The lowest BCUT2D eigenvalue weighted by molar-refractivity contribution is -0.131. The van der Waals surface area contributed by atoms with Crippen LogP contribution in [0.25, 0.3) is 10.9 Å². The number of anilines is 1. The molecule has 1 saturated heterocycles. The number of aliphatic imine (C=N–C) groups is 1. The topological polar surface area (TPSA) is 94.6 Å². The van der Waals surface area contributed by atoms with Gasteiger partial charge in [0, 0.05) is 34.9 Å². The fraction of sp³-hybridized carbons (Fsp3) is 0.143. The Bertz CT molecular complexity index is 1140. The van der Waals surface area contributed by atoms with Crippen LogP contribution in [0, 0.1) is 5.92 Å². The van der Waals surface area contributed by atoms with Gasteiger partial charge in [0.05, 0.1) is 5.69 Å². The lowest BCUT2D eigenvalue weighted by Gasteiger charge is -2.28. The fourth-order valence-corrected chi connectivity index (χ4v) is 3.47. The van der Waals surface area contributed by atoms with Crippen molar-refractivity contribution < 1.29 is 14.4 Å². The second-order valence-electron chi connectivity index (χ2n) is 6.59. The number of amides is 4. The molecule has 0 aliphatic carbocycles. The molecule has 29 heavy (non-hydrogen) atoms. The van der Waals surface area contributed by atoms with Crippen molar-refractivity contribution in [3.8, 4) is 0 Å². The fourth-order valence-electron chi connectivity index (χ4n) is 3.28. The van der Waals surface area contributed by atoms with E-state index in [9.17, 15) is 14.4 Å². The van der Waals surface area contributed by atoms with Gasteiger partial charge in [0.1, 0.15) is 0 Å². The molecule has 0 radical (unpaired) electrons. The van der Waals surface area contributed by atoms with E-state index in [-0.39, 0.29) is 0 Å². The highest BCUT2D eigenvalue weighted by Crippen LogP contribution is 2.23. The van der Waals surface area contributed by atoms with Gasteiger partial charge in [-0.05, 0) is 36.2 Å². The van der Waals surface area contributed by atoms with Crippen molar-refractivity contribution in [2.75, 3.05) is 11.4 Å². The van der Waals surface area contributed by atoms with Gasteiger partial charge in [-0.2, -0.15) is 0 Å². The number of rotatable bonds is 5. The molecule has 8 heteroatoms. The minimum atomic E-state index is -1.17. The predicted molar refractivity (Wildman–Crippen MR) is 111 cm³/mol. The number of aromatic nitrogens is 1. The SMILES string of the molecule is O=C1NC(=O)N(c2cccc(Cl)c2)C(=O)C1C=NCCc1c[nH]c2ccccc12. The van der Waals surface area contributed by atoms with Gasteiger partial charge < -0.3 is 4.98 Å². The molecule has 4 rings (SSSR count). The van der Waals surface area contributed by atoms with Gasteiger partial charge in [-0.25, -0.2) is 9.69 Å². The lowest BCUT2D eigenvalue weighted by atomic mass is 10.1. The Morgan fingerprint density at radius 3 is 2.76 bits per heavy atom. The number of nitrogens with zero attached hydrogens (tertiary/aromatic N) is 2. The first-order chi connectivity index (χ1) is 14.0. The Kier molecular flexibility index (Phi) is 5.14. The molecule has 0 spiro atoms. The maximum absolute atomic E-state index is 12.8. The third-order valence-electron chi connectivity index (χ3n) is 4.71. The van der Waals surface area contributed by atoms with E-state index < -0.39 is 23.8 Å². The van der Waals surface area contributed by atoms with Crippen LogP contribution in [-0.4, -0.2) is 35.6 Å². The van der Waals surface area contributed by atoms with Gasteiger partial charge in [-0.1, -0.05) is 35.9 Å². The number of urea groups is 1. The Labute approximate surface area is 171 Å². The molecular formula is C21H17ClN4O3. The van der Waals surface area contributed by atoms with E-state index in [2.05, 4.69) is 15.3 Å². The average molecular weight is 409 g/mol. The minimum Gasteiger partial charge on any atom is -0.361 e. The van der Waals surface area contributed by atoms with E-state index >= 15 is 0 Å². The zero-order valence-corrected chi connectivity index (χ0v) is 16.0. The van der Waals surface area contributed by atoms with Crippen LogP contribution in [0.4, 0.5) is 10.5 Å². The van der Waals surface area contributed by atoms with Crippen LogP contribution in [0.2, 0.25) is 5.02 Å². The highest BCUT2D eigenvalue weighted by molar-refractivity contribution is 6.34. The number of hydrogen-bond donors (Lipinski definition) is 2. The number of benzene rings is 2. The highest BCUT2D eigenvalue weighted by Gasteiger charge is 2.40. The van der Waals surface area contributed by atoms with Crippen molar-refractivity contribution in [3.05, 3.63) is 65.3 Å². The Balaban J connectivity index is 1.47. The number of imide groups is 2. The molecule has 1 fully saturated rings. The summed E-state index contributed by atoms with van der Waals surface area (Å²) in [5.74, 6) is -2.51. The molecule has 0 saturated carbocycles. The summed E-state index contributed by atoms with van der Waals surface area (Å²) in [5, 5.41) is 3.69. The summed E-state index contributed by atoms with van der Waals surface area (Å²) in [6.45, 7) is 0.407. The van der Waals surface area contributed by atoms with Crippen molar-refractivity contribution in [3.63, 3.8) is 0 Å². The maximum Gasteiger partial charge on any atom is 0.335 e. The smallest absolute Gasteiger partial charge is 0.335 e. The van der Waals surface area contributed by atoms with E-state index in [1.807, 2.05) is 30.5 Å². The number of halogens is 1. The van der Waals surface area contributed by atoms with Crippen LogP contribution < -0.4 is 10.2 Å². The second kappa shape index (κ2) is 7.89. The molecule has 4 amide bonds. The molecule has 1 unspecified atom stereocenters. The molecule has 1 aliphatic rings. The van der Waals surface area contributed by atoms with Crippen LogP contribution in [0.15, 0.2) is 59.7 Å². The summed E-state index contributed by atoms with van der Waals surface area (Å²) < 4.78 is 0. The normalized spacial score (nSPS) is 17.3. The summed E-state index contributed by atoms with van der Waals surface area (Å²) in [5.41, 5.74) is 2.45. The Morgan fingerprint density at radius 1 is 1.10 bits per heavy atom. The number of carbonyl (C=O) groups excluding carboxylic acids is 3. The van der Waals surface area contributed by atoms with E-state index in [1.165, 1.54) is 12.3 Å². The number of nitrogens with one attached hydrogen (secondary N) is 2. The van der Waals surface area contributed by atoms with Crippen LogP contribution >= 0.6 is 11.6 Å². The van der Waals surface area contributed by atoms with Crippen LogP contribution in [-0.2, 0) is 16.0 Å². The van der Waals surface area contributed by atoms with Crippen molar-refractivity contribution in [2.45, 2.75) is 6.42 Å². The largest absolute Gasteiger partial charge is 0.361 e. The number of carbonyl (C=O) groups is 3. The van der Waals surface area contributed by atoms with Gasteiger partial charge in [-0.3, -0.25) is 19.9 Å². The first-order valence-corrected chi connectivity index (χ1v) is 9.41. The molecule has 1 aliphatic heterocycles. The molecule has 3 aromatic rings. The van der Waals surface area contributed by atoms with Crippen LogP contribution in [0.1, 0.15) is 5.56 Å². The zero-order valence-electron chi connectivity index (χ0n) is 15.3. The van der Waals surface area contributed by atoms with Gasteiger partial charge >= 0.3 is 6.03 Å². The van der Waals surface area contributed by atoms with Crippen LogP contribution in [0.5, 0.6) is 0 Å². The van der Waals surface area contributed by atoms with E-state index in [1.54, 1.807) is 18.2 Å². The molecule has 1 atom stereocenters. The summed E-state index contributed by atoms with van der Waals surface area (Å²) in [7, 11) is 0. The molecule has 7 nitrogen and oxygen atoms in total. The standard InChI is InChI=1S/C21H17ClN4O3/c22-14-4-3-5-15(10-14)26-20(28)17(19(27)25-21(26)29)12-23-9-8-13-11-24-18-7-2-1-6-16(13)18/h1-7,10-12,17,24H,8-9H2,(H,25,27,29). The van der Waals surface area contributed by atoms with Gasteiger partial charge in [-0.15, -0.1) is 0 Å². The first kappa shape index (κ1) is 18.9. The van der Waals surface area contributed by atoms with Crippen molar-refractivity contribution >= 4 is 52.3 Å². The first-order valence-electron chi connectivity index (χ1n) is 9.04. The van der Waals surface area contributed by atoms with E-state index in [4.69, 9.17) is 11.6 Å². The van der Waals surface area contributed by atoms with Gasteiger partial charge in [0.15, 0.2) is 5.92 Å². The predicted octanol–water partition coefficient (Wildman–Crippen LogP) is 3.33. The maximum atomic E-state index is 12.8. The number of fused-ring (bicyclic) bond motifs is 1. The summed E-state index contributed by atoms with van der Waals surface area (Å²) in [4.78, 5) is 45.5. The van der Waals surface area contributed by atoms with Gasteiger partial charge in [0.2, 0.25) is 5.91 Å². The van der Waals surface area contributed by atoms with Gasteiger partial charge in [0.25, 0.3) is 5.91 Å². The van der Waals surface area contributed by atoms with Crippen molar-refractivity contribution in [2.24, 2.45) is 10.9 Å². The number of hydrogen-bond acceptors (Lipinski definition) is 4. The number of aromatic amines is 1. The van der Waals surface area contributed by atoms with E-state index in [0.717, 1.165) is 21.4 Å². The third kappa shape index (κ3) is 3.77. The molecule has 0 bridgehead atoms. The molecule has 146 valence electrons. The monoisotopic (exact) mass is 408 g/mol. The summed E-state index contributed by atoms with van der Waals surface area (Å²) in [6, 6.07) is 13.5. The Hall–Kier alpha value is -3.45. The molecule has 2 aromatic carbocycles. The molecule has 2 heterocycles.